The number of phosphoric acid groups is 2. The quantitative estimate of drug-likeness (QED) is 0.0356. The van der Waals surface area contributed by atoms with Crippen LogP contribution >= 0.6 is 15.6 Å². The number of imidazole rings is 1. The predicted octanol–water partition coefficient (Wildman–Crippen LogP) is 3.63. The zero-order valence-electron chi connectivity index (χ0n) is 41.4. The van der Waals surface area contributed by atoms with Crippen molar-refractivity contribution in [2.45, 2.75) is 82.3 Å². The summed E-state index contributed by atoms with van der Waals surface area (Å²) in [5.41, 5.74) is 15.1. The van der Waals surface area contributed by atoms with Gasteiger partial charge in [0, 0.05) is 76.0 Å². The Labute approximate surface area is 417 Å². The Morgan fingerprint density at radius 1 is 0.986 bits per heavy atom. The molecule has 1 unspecified atom stereocenters. The zero-order valence-corrected chi connectivity index (χ0v) is 43.2. The number of unbranched alkanes of at least 4 members (excludes halogenated alkanes) is 3. The minimum atomic E-state index is -5.30. The molecule has 1 fully saturated rings. The van der Waals surface area contributed by atoms with Crippen molar-refractivity contribution in [3.05, 3.63) is 100 Å². The van der Waals surface area contributed by atoms with Crippen LogP contribution in [0.5, 0.6) is 0 Å². The highest BCUT2D eigenvalue weighted by Crippen LogP contribution is 2.51. The largest absolute Gasteiger partial charge is 0.756 e. The number of nitrogens with zero attached hydrogens (tertiary/aromatic N) is 7. The van der Waals surface area contributed by atoms with Crippen molar-refractivity contribution >= 4 is 67.4 Å². The second-order valence-corrected chi connectivity index (χ2v) is 21.3. The number of anilines is 3. The lowest BCUT2D eigenvalue weighted by Crippen LogP contribution is -2.36. The lowest BCUT2D eigenvalue weighted by Gasteiger charge is -2.39. The van der Waals surface area contributed by atoms with Crippen LogP contribution in [0.1, 0.15) is 85.6 Å². The normalized spacial score (nSPS) is 20.2. The highest BCUT2D eigenvalue weighted by Gasteiger charge is 2.50. The second-order valence-electron chi connectivity index (χ2n) is 18.9. The molecule has 1 saturated heterocycles. The molecule has 2 aliphatic carbocycles. The standard InChI is InChI=1S/C48H64N10O12P2/c1-48(2)35-25-29(55(3)4)18-20-33(35)39(34-21-19-30(56(5)6)26-36(34)48)31-15-10-11-16-32(31)45(61)57(7)24-14-17-38(59)50-22-12-8-9-13-23-51-47-54-40-43(49)52-28-53-44(40)58(47)46-41(60)42(70-72(65,66)67)37(69-46)27-68-71(62,63)64/h10-11,15-16,18-21,25-26,28,37,41-42,46,49,60H,8-9,12-14,17,22-24,27H2,1-7H3,(H6,50,59,61,62,63,64,65,66,67)/t37-,41-,42-,46-/m1/s1. The average Bonchev–Trinajstić information content (AvgIpc) is 3.83. The van der Waals surface area contributed by atoms with Crippen LogP contribution in [0.3, 0.4) is 0 Å². The summed E-state index contributed by atoms with van der Waals surface area (Å²) in [6.45, 7) is 4.77. The highest BCUT2D eigenvalue weighted by molar-refractivity contribution is 7.46. The Bertz CT molecular complexity index is 2920. The Hall–Kier alpha value is -5.64. The van der Waals surface area contributed by atoms with Crippen molar-refractivity contribution in [2.75, 3.05) is 77.4 Å². The van der Waals surface area contributed by atoms with Gasteiger partial charge in [-0.05, 0) is 76.9 Å². The van der Waals surface area contributed by atoms with Crippen LogP contribution in [0.2, 0.25) is 0 Å². The van der Waals surface area contributed by atoms with Crippen LogP contribution in [0, 0.1) is 0 Å². The van der Waals surface area contributed by atoms with E-state index >= 15 is 0 Å². The number of amides is 2. The molecule has 5 atom stereocenters. The number of benzene rings is 2. The number of nitrogen functional groups attached to an aromatic ring is 1. The molecule has 0 spiro atoms. The molecular formula is C48H64N10O12P2. The maximum Gasteiger partial charge on any atom is 0.470 e. The number of hydrogen-bond donors (Lipinski definition) is 7. The third kappa shape index (κ3) is 12.2. The summed E-state index contributed by atoms with van der Waals surface area (Å²) in [5.74, 6) is -0.156. The molecule has 0 bridgehead atoms. The van der Waals surface area contributed by atoms with Crippen molar-refractivity contribution in [3.8, 4) is 0 Å². The van der Waals surface area contributed by atoms with Gasteiger partial charge in [-0.1, -0.05) is 51.0 Å². The van der Waals surface area contributed by atoms with Gasteiger partial charge in [0.1, 0.15) is 38.7 Å². The van der Waals surface area contributed by atoms with E-state index in [4.69, 9.17) is 19.9 Å². The van der Waals surface area contributed by atoms with E-state index in [2.05, 4.69) is 89.9 Å². The Morgan fingerprint density at radius 3 is 2.40 bits per heavy atom. The van der Waals surface area contributed by atoms with Gasteiger partial charge in [0.2, 0.25) is 11.9 Å². The van der Waals surface area contributed by atoms with Crippen LogP contribution in [0.25, 0.3) is 16.7 Å². The molecule has 4 aromatic rings. The van der Waals surface area contributed by atoms with E-state index in [1.165, 1.54) is 15.7 Å². The van der Waals surface area contributed by atoms with Crippen molar-refractivity contribution in [1.29, 1.82) is 0 Å². The molecule has 2 aromatic carbocycles. The first-order chi connectivity index (χ1) is 34.0. The number of rotatable bonds is 21. The molecular weight excluding hydrogens is 971 g/mol. The van der Waals surface area contributed by atoms with Crippen LogP contribution < -0.4 is 26.2 Å². The van der Waals surface area contributed by atoms with Crippen LogP contribution in [-0.4, -0.2) is 146 Å². The summed E-state index contributed by atoms with van der Waals surface area (Å²) in [7, 11) is -0.633. The van der Waals surface area contributed by atoms with Gasteiger partial charge in [0.15, 0.2) is 28.9 Å². The molecule has 8 N–H and O–H groups in total. The number of nitrogens with one attached hydrogen (secondary N) is 2. The fraction of sp³-hybridized carbons (Fsp3) is 0.458. The number of aliphatic hydroxyl groups is 1. The van der Waals surface area contributed by atoms with E-state index in [1.807, 2.05) is 52.5 Å². The molecule has 2 amide bonds. The number of phosphoric ester groups is 2. The summed E-state index contributed by atoms with van der Waals surface area (Å²) in [4.78, 5) is 83.0. The van der Waals surface area contributed by atoms with Gasteiger partial charge < -0.3 is 60.1 Å². The first kappa shape index (κ1) is 54.1. The summed E-state index contributed by atoms with van der Waals surface area (Å²) < 4.78 is 41.4. The van der Waals surface area contributed by atoms with E-state index < -0.39 is 46.8 Å². The summed E-state index contributed by atoms with van der Waals surface area (Å²) in [6.07, 6.45) is 4.57. The Balaban J connectivity index is 0.907. The second kappa shape index (κ2) is 22.2. The van der Waals surface area contributed by atoms with Gasteiger partial charge in [0.05, 0.1) is 6.61 Å². The number of carbonyl (C=O) groups is 2. The van der Waals surface area contributed by atoms with Gasteiger partial charge in [0.25, 0.3) is 13.7 Å². The number of allylic oxidation sites excluding steroid dienone is 5. The van der Waals surface area contributed by atoms with Crippen molar-refractivity contribution in [2.24, 2.45) is 0 Å². The van der Waals surface area contributed by atoms with Gasteiger partial charge in [-0.25, -0.2) is 24.1 Å². The van der Waals surface area contributed by atoms with E-state index in [9.17, 15) is 38.5 Å². The minimum Gasteiger partial charge on any atom is -0.756 e. The van der Waals surface area contributed by atoms with Gasteiger partial charge in [-0.2, -0.15) is 0 Å². The third-order valence-corrected chi connectivity index (χ3v) is 14.0. The number of aromatic nitrogens is 4. The van der Waals surface area contributed by atoms with Gasteiger partial charge in [-0.15, -0.1) is 0 Å². The molecule has 1 aliphatic heterocycles. The zero-order chi connectivity index (χ0) is 52.3. The number of fused-ring (bicyclic) bond motifs is 3. The van der Waals surface area contributed by atoms with Crippen molar-refractivity contribution in [3.63, 3.8) is 0 Å². The lowest BCUT2D eigenvalue weighted by atomic mass is 9.64. The van der Waals surface area contributed by atoms with Crippen LogP contribution in [0.4, 0.5) is 17.5 Å². The van der Waals surface area contributed by atoms with Crippen LogP contribution in [-0.2, 0) is 33.1 Å². The van der Waals surface area contributed by atoms with E-state index in [0.29, 0.717) is 44.5 Å². The minimum absolute atomic E-state index is 0.0110. The number of hydrogen-bond acceptors (Lipinski definition) is 15. The monoisotopic (exact) mass is 1030 g/mol. The van der Waals surface area contributed by atoms with E-state index in [1.54, 1.807) is 11.9 Å². The fourth-order valence-electron chi connectivity index (χ4n) is 9.28. The predicted molar refractivity (Wildman–Crippen MR) is 269 cm³/mol. The van der Waals surface area contributed by atoms with Crippen molar-refractivity contribution < 1.29 is 61.8 Å². The first-order valence-electron chi connectivity index (χ1n) is 23.6. The molecule has 7 rings (SSSR count). The first-order valence-corrected chi connectivity index (χ1v) is 26.6. The Morgan fingerprint density at radius 2 is 1.71 bits per heavy atom. The smallest absolute Gasteiger partial charge is 0.470 e. The number of ether oxygens (including phenoxy) is 1. The van der Waals surface area contributed by atoms with Gasteiger partial charge >= 0.3 is 7.82 Å². The molecule has 3 heterocycles. The molecule has 0 saturated carbocycles. The molecule has 2 aromatic heterocycles. The average molecular weight is 1040 g/mol. The molecule has 72 heavy (non-hydrogen) atoms. The maximum atomic E-state index is 14.3. The maximum absolute atomic E-state index is 14.3. The number of carbonyl (C=O) groups excluding carboxylic acids is 2. The topological polar surface area (TPSA) is 303 Å². The number of nitrogens with two attached hydrogens (primary N) is 1. The summed E-state index contributed by atoms with van der Waals surface area (Å²) in [5, 5.41) is 17.3. The molecule has 3 aliphatic rings. The van der Waals surface area contributed by atoms with E-state index in [-0.39, 0.29) is 46.6 Å². The lowest BCUT2D eigenvalue weighted by molar-refractivity contribution is -0.462. The molecule has 388 valence electrons. The molecule has 22 nitrogen and oxygen atoms in total. The van der Waals surface area contributed by atoms with Crippen LogP contribution in [0.15, 0.2) is 78.2 Å². The summed E-state index contributed by atoms with van der Waals surface area (Å²) >= 11 is 0. The summed E-state index contributed by atoms with van der Waals surface area (Å²) in [6, 6.07) is 14.3. The SMILES string of the molecule is CN(CCCC(=O)NCCCCCCNc1nc2c(N)ncnc2n1[C@@H]1O[C@H](COP(=O)([O-])O)[C@@H](OP(=O)(O)O)[C@H]1O)C(=O)c1ccccc1C1=C2C=CC(=[N+](C)C)C=C2C(C)(C)c2cc(N(C)C)ccc21. The molecule has 0 radical (unpaired) electrons. The molecule has 24 heteroatoms. The Kier molecular flexibility index (Phi) is 16.7. The highest BCUT2D eigenvalue weighted by atomic mass is 31.2. The third-order valence-electron chi connectivity index (χ3n) is 13.0. The number of aliphatic hydroxyl groups excluding tert-OH is 1. The van der Waals surface area contributed by atoms with Gasteiger partial charge in [-0.3, -0.25) is 23.2 Å². The van der Waals surface area contributed by atoms with Crippen molar-refractivity contribution in [1.82, 2.24) is 29.7 Å². The van der Waals surface area contributed by atoms with E-state index in [0.717, 1.165) is 52.8 Å². The fourth-order valence-corrected chi connectivity index (χ4v) is 10.2.